The molecule has 0 radical (unpaired) electrons. The smallest absolute Gasteiger partial charge is 0.407 e. The number of esters is 1. The van der Waals surface area contributed by atoms with Gasteiger partial charge in [-0.1, -0.05) is 64.9 Å². The summed E-state index contributed by atoms with van der Waals surface area (Å²) in [6.07, 6.45) is 10.1. The Morgan fingerprint density at radius 2 is 1.48 bits per heavy atom. The van der Waals surface area contributed by atoms with Gasteiger partial charge in [-0.3, -0.25) is 4.90 Å². The second kappa shape index (κ2) is 13.1. The summed E-state index contributed by atoms with van der Waals surface area (Å²) in [5.41, 5.74) is 0.614. The van der Waals surface area contributed by atoms with Gasteiger partial charge in [-0.05, 0) is 41.0 Å². The molecule has 6 heteroatoms. The van der Waals surface area contributed by atoms with Crippen molar-refractivity contribution in [3.63, 3.8) is 0 Å². The number of nitrogens with one attached hydrogen (secondary N) is 1. The van der Waals surface area contributed by atoms with Crippen LogP contribution in [0.5, 0.6) is 0 Å². The average Bonchev–Trinajstić information content (AvgIpc) is 3.09. The Hall–Kier alpha value is -1.56. The second-order valence-corrected chi connectivity index (χ2v) is 9.89. The maximum Gasteiger partial charge on any atom is 0.407 e. The molecule has 1 N–H and O–H groups in total. The normalized spacial score (nSPS) is 17.6. The number of hydrogen-bond acceptors (Lipinski definition) is 5. The number of ether oxygens (including phenoxy) is 2. The molecule has 1 unspecified atom stereocenters. The summed E-state index contributed by atoms with van der Waals surface area (Å²) in [5, 5.41) is 2.88. The molecule has 1 heterocycles. The van der Waals surface area contributed by atoms with Crippen molar-refractivity contribution < 1.29 is 19.1 Å². The minimum Gasteiger partial charge on any atom is -0.460 e. The summed E-state index contributed by atoms with van der Waals surface area (Å²) in [6.45, 7) is 17.4. The van der Waals surface area contributed by atoms with Crippen molar-refractivity contribution in [1.29, 1.82) is 0 Å². The maximum absolute atomic E-state index is 12.3. The van der Waals surface area contributed by atoms with Crippen LogP contribution in [0.15, 0.2) is 12.2 Å². The van der Waals surface area contributed by atoms with Crippen LogP contribution in [0.3, 0.4) is 0 Å². The summed E-state index contributed by atoms with van der Waals surface area (Å²) in [5.74, 6) is -0.429. The Bertz CT molecular complexity index is 572. The van der Waals surface area contributed by atoms with E-state index in [2.05, 4.69) is 51.4 Å². The molecule has 1 atom stereocenters. The summed E-state index contributed by atoms with van der Waals surface area (Å²) in [4.78, 5) is 26.3. The number of hydrogen-bond donors (Lipinski definition) is 1. The van der Waals surface area contributed by atoms with E-state index in [-0.39, 0.29) is 23.7 Å². The lowest BCUT2D eigenvalue weighted by atomic mass is 10.0. The summed E-state index contributed by atoms with van der Waals surface area (Å²) in [7, 11) is 0. The molecule has 1 amide bonds. The van der Waals surface area contributed by atoms with Crippen LogP contribution in [0.2, 0.25) is 0 Å². The average molecular weight is 439 g/mol. The molecule has 31 heavy (non-hydrogen) atoms. The van der Waals surface area contributed by atoms with E-state index < -0.39 is 12.1 Å². The highest BCUT2D eigenvalue weighted by Gasteiger charge is 2.62. The second-order valence-electron chi connectivity index (χ2n) is 9.89. The van der Waals surface area contributed by atoms with Crippen LogP contribution in [-0.2, 0) is 14.3 Å². The fourth-order valence-electron chi connectivity index (χ4n) is 4.04. The third-order valence-corrected chi connectivity index (χ3v) is 6.84. The Balaban J connectivity index is 2.34. The molecule has 6 nitrogen and oxygen atoms in total. The highest BCUT2D eigenvalue weighted by atomic mass is 16.6. The van der Waals surface area contributed by atoms with Gasteiger partial charge in [0.25, 0.3) is 0 Å². The Labute approximate surface area is 190 Å². The quantitative estimate of drug-likeness (QED) is 0.147. The minimum absolute atomic E-state index is 0.128. The first kappa shape index (κ1) is 27.5. The molecule has 0 aromatic heterocycles. The van der Waals surface area contributed by atoms with Crippen LogP contribution in [-0.4, -0.2) is 53.8 Å². The first-order valence-electron chi connectivity index (χ1n) is 12.1. The van der Waals surface area contributed by atoms with E-state index in [1.165, 1.54) is 38.5 Å². The predicted molar refractivity (Wildman–Crippen MR) is 126 cm³/mol. The molecule has 1 rings (SSSR count). The van der Waals surface area contributed by atoms with Crippen LogP contribution >= 0.6 is 0 Å². The third-order valence-electron chi connectivity index (χ3n) is 6.84. The van der Waals surface area contributed by atoms with Gasteiger partial charge in [-0.15, -0.1) is 0 Å². The molecule has 1 saturated heterocycles. The van der Waals surface area contributed by atoms with E-state index in [0.29, 0.717) is 18.7 Å². The van der Waals surface area contributed by atoms with Crippen LogP contribution < -0.4 is 5.32 Å². The molecule has 0 bridgehead atoms. The van der Waals surface area contributed by atoms with Crippen molar-refractivity contribution >= 4 is 12.1 Å². The van der Waals surface area contributed by atoms with E-state index in [9.17, 15) is 9.59 Å². The van der Waals surface area contributed by atoms with Crippen LogP contribution in [0.4, 0.5) is 4.79 Å². The molecular weight excluding hydrogens is 392 g/mol. The zero-order chi connectivity index (χ0) is 23.5. The van der Waals surface area contributed by atoms with Gasteiger partial charge in [0, 0.05) is 23.2 Å². The van der Waals surface area contributed by atoms with E-state index >= 15 is 0 Å². The Morgan fingerprint density at radius 3 is 2.00 bits per heavy atom. The summed E-state index contributed by atoms with van der Waals surface area (Å²) < 4.78 is 10.7. The number of rotatable bonds is 16. The molecule has 180 valence electrons. The number of carbonyl (C=O) groups is 2. The monoisotopic (exact) mass is 438 g/mol. The fourth-order valence-corrected chi connectivity index (χ4v) is 4.04. The van der Waals surface area contributed by atoms with Crippen LogP contribution in [0, 0.1) is 0 Å². The minimum atomic E-state index is -0.451. The van der Waals surface area contributed by atoms with Crippen molar-refractivity contribution in [1.82, 2.24) is 10.2 Å². The van der Waals surface area contributed by atoms with Gasteiger partial charge in [0.1, 0.15) is 13.2 Å². The lowest BCUT2D eigenvalue weighted by molar-refractivity contribution is -0.139. The van der Waals surface area contributed by atoms with Crippen LogP contribution in [0.1, 0.15) is 99.3 Å². The molecule has 1 aliphatic heterocycles. The zero-order valence-corrected chi connectivity index (χ0v) is 20.8. The van der Waals surface area contributed by atoms with Crippen LogP contribution in [0.25, 0.3) is 0 Å². The van der Waals surface area contributed by atoms with Gasteiger partial charge in [-0.2, -0.15) is 0 Å². The number of unbranched alkanes of at least 4 members (excludes halogenated alkanes) is 7. The number of nitrogens with zero attached hydrogens (tertiary/aromatic N) is 1. The largest absolute Gasteiger partial charge is 0.460 e. The van der Waals surface area contributed by atoms with Crippen molar-refractivity contribution in [3.8, 4) is 0 Å². The highest BCUT2D eigenvalue weighted by molar-refractivity contribution is 5.86. The molecule has 0 aromatic rings. The maximum atomic E-state index is 12.3. The van der Waals surface area contributed by atoms with E-state index in [4.69, 9.17) is 9.47 Å². The molecule has 0 spiro atoms. The van der Waals surface area contributed by atoms with Gasteiger partial charge in [0.15, 0.2) is 0 Å². The lowest BCUT2D eigenvalue weighted by Gasteiger charge is -2.19. The zero-order valence-electron chi connectivity index (χ0n) is 20.8. The van der Waals surface area contributed by atoms with Gasteiger partial charge in [-0.25, -0.2) is 9.59 Å². The topological polar surface area (TPSA) is 67.6 Å². The summed E-state index contributed by atoms with van der Waals surface area (Å²) >= 11 is 0. The number of amides is 1. The molecule has 0 saturated carbocycles. The molecule has 1 fully saturated rings. The van der Waals surface area contributed by atoms with Crippen molar-refractivity contribution in [2.75, 3.05) is 19.8 Å². The first-order chi connectivity index (χ1) is 14.5. The first-order valence-corrected chi connectivity index (χ1v) is 12.1. The van der Waals surface area contributed by atoms with E-state index in [1.54, 1.807) is 6.92 Å². The number of alkyl carbamates (subject to hydrolysis) is 1. The summed E-state index contributed by atoms with van der Waals surface area (Å²) in [6, 6.07) is -0.245. The molecule has 0 aromatic carbocycles. The lowest BCUT2D eigenvalue weighted by Crippen LogP contribution is -2.39. The van der Waals surface area contributed by atoms with Gasteiger partial charge < -0.3 is 14.8 Å². The number of carbonyl (C=O) groups excluding carboxylic acids is 2. The van der Waals surface area contributed by atoms with Gasteiger partial charge >= 0.3 is 12.1 Å². The predicted octanol–water partition coefficient (Wildman–Crippen LogP) is 5.60. The highest BCUT2D eigenvalue weighted by Crippen LogP contribution is 2.50. The van der Waals surface area contributed by atoms with E-state index in [0.717, 1.165) is 19.3 Å². The Kier molecular flexibility index (Phi) is 11.6. The van der Waals surface area contributed by atoms with Crippen molar-refractivity contribution in [3.05, 3.63) is 12.2 Å². The Morgan fingerprint density at radius 1 is 0.935 bits per heavy atom. The van der Waals surface area contributed by atoms with Gasteiger partial charge in [0.05, 0.1) is 6.04 Å². The molecule has 0 aliphatic carbocycles. The van der Waals surface area contributed by atoms with E-state index in [1.807, 2.05) is 0 Å². The fraction of sp³-hybridized carbons (Fsp3) is 0.840. The van der Waals surface area contributed by atoms with Crippen molar-refractivity contribution in [2.45, 2.75) is 116 Å². The molecule has 1 aliphatic rings. The standard InChI is InChI=1S/C25H46N2O4/c1-8-9-10-11-12-13-14-15-16-21(19-31-22(28)20(2)3)26-23(29)30-18-17-27-24(4,5)25(27,6)7/h21H,2,8-19H2,1,3-7H3,(H,26,29). The van der Waals surface area contributed by atoms with Gasteiger partial charge in [0.2, 0.25) is 0 Å². The van der Waals surface area contributed by atoms with Crippen molar-refractivity contribution in [2.24, 2.45) is 0 Å². The molecular formula is C25H46N2O4. The third kappa shape index (κ3) is 9.22. The SMILES string of the molecule is C=C(C)C(=O)OCC(CCCCCCCCCC)NC(=O)OCCN1C(C)(C)C1(C)C.